The lowest BCUT2D eigenvalue weighted by atomic mass is 10.1. The zero-order chi connectivity index (χ0) is 21.6. The predicted octanol–water partition coefficient (Wildman–Crippen LogP) is 2.80. The van der Waals surface area contributed by atoms with E-state index in [0.717, 1.165) is 76.8 Å². The van der Waals surface area contributed by atoms with Gasteiger partial charge in [0.2, 0.25) is 0 Å². The Morgan fingerprint density at radius 3 is 2.29 bits per heavy atom. The van der Waals surface area contributed by atoms with Crippen LogP contribution in [0.4, 0.5) is 5.69 Å². The number of benzene rings is 2. The fraction of sp³-hybridized carbons (Fsp3) is 0.480. The summed E-state index contributed by atoms with van der Waals surface area (Å²) in [7, 11) is 1.71. The highest BCUT2D eigenvalue weighted by molar-refractivity contribution is 5.94. The van der Waals surface area contributed by atoms with Crippen molar-refractivity contribution in [2.24, 2.45) is 0 Å². The third-order valence-electron chi connectivity index (χ3n) is 6.48. The van der Waals surface area contributed by atoms with Crippen LogP contribution < -0.4 is 9.64 Å². The van der Waals surface area contributed by atoms with Gasteiger partial charge in [-0.2, -0.15) is 0 Å². The minimum absolute atomic E-state index is 0.167. The first kappa shape index (κ1) is 21.7. The molecule has 6 heteroatoms. The number of anilines is 1. The van der Waals surface area contributed by atoms with Crippen LogP contribution in [0.2, 0.25) is 0 Å². The minimum atomic E-state index is 0.167. The number of hydrogen-bond acceptors (Lipinski definition) is 5. The monoisotopic (exact) mass is 422 g/mol. The molecule has 4 rings (SSSR count). The molecule has 31 heavy (non-hydrogen) atoms. The topological polar surface area (TPSA) is 39.3 Å². The van der Waals surface area contributed by atoms with Gasteiger partial charge >= 0.3 is 0 Å². The van der Waals surface area contributed by atoms with Crippen molar-refractivity contribution in [2.75, 3.05) is 70.9 Å². The van der Waals surface area contributed by atoms with Crippen LogP contribution in [-0.2, 0) is 6.54 Å². The molecule has 0 bridgehead atoms. The van der Waals surface area contributed by atoms with E-state index >= 15 is 0 Å². The van der Waals surface area contributed by atoms with Crippen molar-refractivity contribution in [3.05, 3.63) is 59.7 Å². The molecule has 0 N–H and O–H groups in total. The molecule has 2 aliphatic rings. The Bertz CT molecular complexity index is 871. The molecule has 0 unspecified atom stereocenters. The largest absolute Gasteiger partial charge is 0.497 e. The molecule has 2 aromatic carbocycles. The molecule has 2 fully saturated rings. The van der Waals surface area contributed by atoms with Crippen LogP contribution in [0.1, 0.15) is 22.8 Å². The zero-order valence-corrected chi connectivity index (χ0v) is 18.8. The average Bonchev–Trinajstić information content (AvgIpc) is 2.84. The van der Waals surface area contributed by atoms with E-state index in [1.54, 1.807) is 7.11 Å². The SMILES string of the molecule is CCN1CCN(C(=O)c2cccc(CN3CCN(c4cccc(OC)c4)CC3)c2)CC1. The Balaban J connectivity index is 1.32. The number of carbonyl (C=O) groups excluding carboxylic acids is 1. The van der Waals surface area contributed by atoms with Gasteiger partial charge in [-0.15, -0.1) is 0 Å². The van der Waals surface area contributed by atoms with Crippen molar-refractivity contribution < 1.29 is 9.53 Å². The molecule has 0 aliphatic carbocycles. The van der Waals surface area contributed by atoms with Gasteiger partial charge in [0.25, 0.3) is 5.91 Å². The average molecular weight is 423 g/mol. The van der Waals surface area contributed by atoms with E-state index in [1.807, 2.05) is 29.2 Å². The van der Waals surface area contributed by atoms with Crippen LogP contribution >= 0.6 is 0 Å². The minimum Gasteiger partial charge on any atom is -0.497 e. The van der Waals surface area contributed by atoms with Gasteiger partial charge in [-0.3, -0.25) is 9.69 Å². The van der Waals surface area contributed by atoms with Crippen molar-refractivity contribution >= 4 is 11.6 Å². The van der Waals surface area contributed by atoms with E-state index in [4.69, 9.17) is 4.74 Å². The van der Waals surface area contributed by atoms with Crippen LogP contribution in [0.3, 0.4) is 0 Å². The summed E-state index contributed by atoms with van der Waals surface area (Å²) in [5, 5.41) is 0. The maximum atomic E-state index is 13.0. The van der Waals surface area contributed by atoms with E-state index in [-0.39, 0.29) is 5.91 Å². The van der Waals surface area contributed by atoms with Crippen LogP contribution in [0.5, 0.6) is 5.75 Å². The predicted molar refractivity (Wildman–Crippen MR) is 125 cm³/mol. The summed E-state index contributed by atoms with van der Waals surface area (Å²) in [4.78, 5) is 22.2. The third-order valence-corrected chi connectivity index (χ3v) is 6.48. The second-order valence-electron chi connectivity index (χ2n) is 8.39. The maximum Gasteiger partial charge on any atom is 0.253 e. The molecule has 0 atom stereocenters. The second kappa shape index (κ2) is 10.2. The number of amides is 1. The zero-order valence-electron chi connectivity index (χ0n) is 18.8. The van der Waals surface area contributed by atoms with Crippen LogP contribution in [-0.4, -0.2) is 86.6 Å². The number of methoxy groups -OCH3 is 1. The van der Waals surface area contributed by atoms with Gasteiger partial charge < -0.3 is 19.4 Å². The van der Waals surface area contributed by atoms with Crippen molar-refractivity contribution in [1.29, 1.82) is 0 Å². The third kappa shape index (κ3) is 5.38. The van der Waals surface area contributed by atoms with E-state index < -0.39 is 0 Å². The molecule has 0 spiro atoms. The standard InChI is InChI=1S/C25H34N4O2/c1-3-26-10-16-29(17-11-26)25(30)22-7-4-6-21(18-22)20-27-12-14-28(15-13-27)23-8-5-9-24(19-23)31-2/h4-9,18-19H,3,10-17,20H2,1-2H3. The van der Waals surface area contributed by atoms with Crippen molar-refractivity contribution in [3.8, 4) is 5.75 Å². The summed E-state index contributed by atoms with van der Waals surface area (Å²) >= 11 is 0. The highest BCUT2D eigenvalue weighted by Crippen LogP contribution is 2.22. The number of nitrogens with zero attached hydrogens (tertiary/aromatic N) is 4. The molecule has 2 aromatic rings. The summed E-state index contributed by atoms with van der Waals surface area (Å²) in [5.74, 6) is 1.07. The Hall–Kier alpha value is -2.57. The van der Waals surface area contributed by atoms with Gasteiger partial charge in [-0.1, -0.05) is 25.1 Å². The molecule has 2 saturated heterocycles. The molecule has 0 aromatic heterocycles. The summed E-state index contributed by atoms with van der Waals surface area (Å²) in [6.07, 6.45) is 0. The first-order chi connectivity index (χ1) is 15.2. The number of rotatable bonds is 6. The first-order valence-corrected chi connectivity index (χ1v) is 11.4. The number of piperazine rings is 2. The molecule has 0 radical (unpaired) electrons. The molecule has 0 saturated carbocycles. The van der Waals surface area contributed by atoms with Crippen LogP contribution in [0, 0.1) is 0 Å². The second-order valence-corrected chi connectivity index (χ2v) is 8.39. The van der Waals surface area contributed by atoms with Gasteiger partial charge in [0.15, 0.2) is 0 Å². The van der Waals surface area contributed by atoms with Gasteiger partial charge in [0.1, 0.15) is 5.75 Å². The lowest BCUT2D eigenvalue weighted by molar-refractivity contribution is 0.0643. The summed E-state index contributed by atoms with van der Waals surface area (Å²) in [5.41, 5.74) is 3.25. The number of carbonyl (C=O) groups is 1. The fourth-order valence-corrected chi connectivity index (χ4v) is 4.48. The first-order valence-electron chi connectivity index (χ1n) is 11.4. The molecule has 6 nitrogen and oxygen atoms in total. The summed E-state index contributed by atoms with van der Waals surface area (Å²) in [6, 6.07) is 16.5. The Morgan fingerprint density at radius 2 is 1.58 bits per heavy atom. The number of ether oxygens (including phenoxy) is 1. The van der Waals surface area contributed by atoms with Crippen LogP contribution in [0.15, 0.2) is 48.5 Å². The number of likely N-dealkylation sites (N-methyl/N-ethyl adjacent to an activating group) is 1. The lowest BCUT2D eigenvalue weighted by Crippen LogP contribution is -2.48. The Labute approximate surface area is 186 Å². The van der Waals surface area contributed by atoms with Crippen LogP contribution in [0.25, 0.3) is 0 Å². The quantitative estimate of drug-likeness (QED) is 0.716. The van der Waals surface area contributed by atoms with Crippen molar-refractivity contribution in [2.45, 2.75) is 13.5 Å². The highest BCUT2D eigenvalue weighted by atomic mass is 16.5. The fourth-order valence-electron chi connectivity index (χ4n) is 4.48. The van der Waals surface area contributed by atoms with Gasteiger partial charge in [0.05, 0.1) is 7.11 Å². The van der Waals surface area contributed by atoms with Gasteiger partial charge in [0, 0.05) is 76.2 Å². The summed E-state index contributed by atoms with van der Waals surface area (Å²) in [6.45, 7) is 11.7. The van der Waals surface area contributed by atoms with E-state index in [1.165, 1.54) is 11.3 Å². The Morgan fingerprint density at radius 1 is 0.871 bits per heavy atom. The van der Waals surface area contributed by atoms with Gasteiger partial charge in [-0.25, -0.2) is 0 Å². The molecular weight excluding hydrogens is 388 g/mol. The maximum absolute atomic E-state index is 13.0. The molecule has 1 amide bonds. The molecule has 166 valence electrons. The smallest absolute Gasteiger partial charge is 0.253 e. The molecule has 2 aliphatic heterocycles. The number of hydrogen-bond donors (Lipinski definition) is 0. The highest BCUT2D eigenvalue weighted by Gasteiger charge is 2.22. The van der Waals surface area contributed by atoms with Crippen molar-refractivity contribution in [3.63, 3.8) is 0 Å². The molecule has 2 heterocycles. The van der Waals surface area contributed by atoms with E-state index in [2.05, 4.69) is 45.9 Å². The van der Waals surface area contributed by atoms with Gasteiger partial charge in [-0.05, 0) is 36.4 Å². The lowest BCUT2D eigenvalue weighted by Gasteiger charge is -2.36. The van der Waals surface area contributed by atoms with E-state index in [0.29, 0.717) is 0 Å². The summed E-state index contributed by atoms with van der Waals surface area (Å²) < 4.78 is 5.36. The van der Waals surface area contributed by atoms with E-state index in [9.17, 15) is 4.79 Å². The Kier molecular flexibility index (Phi) is 7.10. The normalized spacial score (nSPS) is 18.3. The van der Waals surface area contributed by atoms with Crippen molar-refractivity contribution in [1.82, 2.24) is 14.7 Å². The molecular formula is C25H34N4O2.